The quantitative estimate of drug-likeness (QED) is 0.861. The molecule has 2 N–H and O–H groups in total. The van der Waals surface area contributed by atoms with E-state index >= 15 is 0 Å². The zero-order valence-corrected chi connectivity index (χ0v) is 13.6. The lowest BCUT2D eigenvalue weighted by atomic mass is 10.1. The summed E-state index contributed by atoms with van der Waals surface area (Å²) in [5.74, 6) is -1.38. The molecule has 0 fully saturated rings. The summed E-state index contributed by atoms with van der Waals surface area (Å²) >= 11 is 12.0. The first kappa shape index (κ1) is 17.2. The standard InChI is InChI=1S/C16H13Cl2FN2O2/c1-9(22)20-10-5-6-14(19)15(7-10)21-16(23)8-11-12(17)3-2-4-13(11)18/h2-7H,8H2,1H3,(H,20,22)(H,21,23). The van der Waals surface area contributed by atoms with Crippen molar-refractivity contribution in [2.24, 2.45) is 0 Å². The van der Waals surface area contributed by atoms with Gasteiger partial charge in [-0.25, -0.2) is 4.39 Å². The van der Waals surface area contributed by atoms with E-state index in [-0.39, 0.29) is 18.0 Å². The number of carbonyl (C=O) groups excluding carboxylic acids is 2. The molecule has 2 amide bonds. The normalized spacial score (nSPS) is 10.3. The number of hydrogen-bond acceptors (Lipinski definition) is 2. The molecule has 0 saturated heterocycles. The fraction of sp³-hybridized carbons (Fsp3) is 0.125. The molecule has 0 bridgehead atoms. The van der Waals surface area contributed by atoms with Crippen LogP contribution >= 0.6 is 23.2 Å². The van der Waals surface area contributed by atoms with Crippen LogP contribution in [0.25, 0.3) is 0 Å². The third-order valence-corrected chi connectivity index (χ3v) is 3.67. The number of benzene rings is 2. The lowest BCUT2D eigenvalue weighted by Gasteiger charge is -2.10. The van der Waals surface area contributed by atoms with Gasteiger partial charge >= 0.3 is 0 Å². The molecule has 0 aliphatic heterocycles. The fourth-order valence-electron chi connectivity index (χ4n) is 1.96. The smallest absolute Gasteiger partial charge is 0.228 e. The first-order valence-corrected chi connectivity index (χ1v) is 7.42. The second kappa shape index (κ2) is 7.44. The van der Waals surface area contributed by atoms with Gasteiger partial charge in [-0.2, -0.15) is 0 Å². The average Bonchev–Trinajstić information content (AvgIpc) is 2.46. The van der Waals surface area contributed by atoms with Crippen LogP contribution in [0.5, 0.6) is 0 Å². The topological polar surface area (TPSA) is 58.2 Å². The molecule has 0 atom stereocenters. The Morgan fingerprint density at radius 2 is 1.74 bits per heavy atom. The lowest BCUT2D eigenvalue weighted by molar-refractivity contribution is -0.116. The van der Waals surface area contributed by atoms with E-state index in [4.69, 9.17) is 23.2 Å². The highest BCUT2D eigenvalue weighted by molar-refractivity contribution is 6.36. The van der Waals surface area contributed by atoms with Crippen LogP contribution in [0, 0.1) is 5.82 Å². The highest BCUT2D eigenvalue weighted by Crippen LogP contribution is 2.25. The van der Waals surface area contributed by atoms with Crippen molar-refractivity contribution >= 4 is 46.4 Å². The number of nitrogens with one attached hydrogen (secondary N) is 2. The summed E-state index contributed by atoms with van der Waals surface area (Å²) in [6, 6.07) is 8.80. The van der Waals surface area contributed by atoms with Crippen LogP contribution in [0.4, 0.5) is 15.8 Å². The third kappa shape index (κ3) is 4.68. The van der Waals surface area contributed by atoms with Gasteiger partial charge in [-0.15, -0.1) is 0 Å². The molecule has 7 heteroatoms. The highest BCUT2D eigenvalue weighted by atomic mass is 35.5. The predicted molar refractivity (Wildman–Crippen MR) is 89.5 cm³/mol. The Balaban J connectivity index is 2.15. The van der Waals surface area contributed by atoms with Gasteiger partial charge in [0, 0.05) is 22.7 Å². The Bertz CT molecular complexity index is 745. The molecule has 2 aromatic rings. The molecule has 0 saturated carbocycles. The van der Waals surface area contributed by atoms with Gasteiger partial charge in [0.05, 0.1) is 12.1 Å². The molecule has 120 valence electrons. The van der Waals surface area contributed by atoms with Crippen LogP contribution in [0.1, 0.15) is 12.5 Å². The molecule has 2 rings (SSSR count). The number of hydrogen-bond donors (Lipinski definition) is 2. The molecule has 0 aliphatic carbocycles. The highest BCUT2D eigenvalue weighted by Gasteiger charge is 2.13. The van der Waals surface area contributed by atoms with E-state index in [0.29, 0.717) is 21.3 Å². The van der Waals surface area contributed by atoms with E-state index in [0.717, 1.165) is 6.07 Å². The van der Waals surface area contributed by atoms with Crippen LogP contribution < -0.4 is 10.6 Å². The van der Waals surface area contributed by atoms with Crippen molar-refractivity contribution in [1.82, 2.24) is 0 Å². The summed E-state index contributed by atoms with van der Waals surface area (Å²) in [5, 5.41) is 5.68. The first-order valence-electron chi connectivity index (χ1n) is 6.66. The first-order chi connectivity index (χ1) is 10.9. The summed E-state index contributed by atoms with van der Waals surface area (Å²) < 4.78 is 13.8. The maximum absolute atomic E-state index is 13.8. The van der Waals surface area contributed by atoms with E-state index in [9.17, 15) is 14.0 Å². The maximum atomic E-state index is 13.8. The largest absolute Gasteiger partial charge is 0.326 e. The number of rotatable bonds is 4. The van der Waals surface area contributed by atoms with Gasteiger partial charge in [0.25, 0.3) is 0 Å². The van der Waals surface area contributed by atoms with E-state index < -0.39 is 11.7 Å². The van der Waals surface area contributed by atoms with E-state index in [1.54, 1.807) is 18.2 Å². The van der Waals surface area contributed by atoms with Crippen LogP contribution in [0.2, 0.25) is 10.0 Å². The summed E-state index contributed by atoms with van der Waals surface area (Å²) in [7, 11) is 0. The molecular formula is C16H13Cl2FN2O2. The molecule has 0 aromatic heterocycles. The monoisotopic (exact) mass is 354 g/mol. The van der Waals surface area contributed by atoms with Crippen molar-refractivity contribution in [2.75, 3.05) is 10.6 Å². The molecule has 4 nitrogen and oxygen atoms in total. The number of amides is 2. The fourth-order valence-corrected chi connectivity index (χ4v) is 2.49. The zero-order valence-electron chi connectivity index (χ0n) is 12.1. The van der Waals surface area contributed by atoms with Gasteiger partial charge in [-0.3, -0.25) is 9.59 Å². The maximum Gasteiger partial charge on any atom is 0.228 e. The zero-order chi connectivity index (χ0) is 17.0. The Hall–Kier alpha value is -2.11. The Morgan fingerprint density at radius 1 is 1.09 bits per heavy atom. The number of carbonyl (C=O) groups is 2. The van der Waals surface area contributed by atoms with Crippen LogP contribution in [-0.2, 0) is 16.0 Å². The lowest BCUT2D eigenvalue weighted by Crippen LogP contribution is -2.16. The molecule has 0 heterocycles. The van der Waals surface area contributed by atoms with Crippen molar-refractivity contribution in [3.05, 3.63) is 57.8 Å². The van der Waals surface area contributed by atoms with Crippen molar-refractivity contribution in [2.45, 2.75) is 13.3 Å². The van der Waals surface area contributed by atoms with Gasteiger partial charge in [0.2, 0.25) is 11.8 Å². The SMILES string of the molecule is CC(=O)Nc1ccc(F)c(NC(=O)Cc2c(Cl)cccc2Cl)c1. The molecular weight excluding hydrogens is 342 g/mol. The second-order valence-corrected chi connectivity index (χ2v) is 5.62. The molecule has 2 aromatic carbocycles. The van der Waals surface area contributed by atoms with Crippen molar-refractivity contribution in [3.8, 4) is 0 Å². The van der Waals surface area contributed by atoms with E-state index in [1.807, 2.05) is 0 Å². The number of anilines is 2. The van der Waals surface area contributed by atoms with Gasteiger partial charge in [-0.05, 0) is 35.9 Å². The summed E-state index contributed by atoms with van der Waals surface area (Å²) in [6.07, 6.45) is -0.0949. The molecule has 0 unspecified atom stereocenters. The summed E-state index contributed by atoms with van der Waals surface area (Å²) in [6.45, 7) is 1.33. The van der Waals surface area contributed by atoms with Gasteiger partial charge in [-0.1, -0.05) is 29.3 Å². The summed E-state index contributed by atoms with van der Waals surface area (Å²) in [4.78, 5) is 23.1. The third-order valence-electron chi connectivity index (χ3n) is 2.96. The minimum atomic E-state index is -0.613. The van der Waals surface area contributed by atoms with Crippen molar-refractivity contribution < 1.29 is 14.0 Å². The van der Waals surface area contributed by atoms with E-state index in [2.05, 4.69) is 10.6 Å². The Labute approximate surface area is 142 Å². The van der Waals surface area contributed by atoms with E-state index in [1.165, 1.54) is 19.1 Å². The molecule has 0 spiro atoms. The number of halogens is 3. The summed E-state index contributed by atoms with van der Waals surface area (Å²) in [5.41, 5.74) is 0.807. The van der Waals surface area contributed by atoms with Crippen molar-refractivity contribution in [3.63, 3.8) is 0 Å². The van der Waals surface area contributed by atoms with Gasteiger partial charge in [0.1, 0.15) is 5.82 Å². The van der Waals surface area contributed by atoms with Gasteiger partial charge < -0.3 is 10.6 Å². The Morgan fingerprint density at radius 3 is 2.35 bits per heavy atom. The van der Waals surface area contributed by atoms with Crippen LogP contribution in [0.15, 0.2) is 36.4 Å². The van der Waals surface area contributed by atoms with Gasteiger partial charge in [0.15, 0.2) is 0 Å². The van der Waals surface area contributed by atoms with Crippen LogP contribution in [-0.4, -0.2) is 11.8 Å². The molecule has 23 heavy (non-hydrogen) atoms. The predicted octanol–water partition coefficient (Wildman–Crippen LogP) is 4.27. The minimum absolute atomic E-state index is 0.0376. The van der Waals surface area contributed by atoms with Crippen LogP contribution in [0.3, 0.4) is 0 Å². The molecule has 0 aliphatic rings. The average molecular weight is 355 g/mol. The minimum Gasteiger partial charge on any atom is -0.326 e. The van der Waals surface area contributed by atoms with Crippen molar-refractivity contribution in [1.29, 1.82) is 0 Å². The Kier molecular flexibility index (Phi) is 5.58. The molecule has 0 radical (unpaired) electrons. The second-order valence-electron chi connectivity index (χ2n) is 4.80.